The van der Waals surface area contributed by atoms with Crippen molar-refractivity contribution in [2.45, 2.75) is 38.5 Å². The number of nitrogens with one attached hydrogen (secondary N) is 1. The highest BCUT2D eigenvalue weighted by Gasteiger charge is 2.30. The number of hydrogen-bond acceptors (Lipinski definition) is 4. The normalized spacial score (nSPS) is 13.8. The summed E-state index contributed by atoms with van der Waals surface area (Å²) in [7, 11) is 0. The van der Waals surface area contributed by atoms with Crippen LogP contribution in [-0.4, -0.2) is 5.11 Å². The van der Waals surface area contributed by atoms with E-state index in [-0.39, 0.29) is 24.5 Å². The Labute approximate surface area is 158 Å². The van der Waals surface area contributed by atoms with Crippen LogP contribution >= 0.6 is 0 Å². The maximum Gasteiger partial charge on any atom is 0.416 e. The van der Waals surface area contributed by atoms with Crippen molar-refractivity contribution in [2.75, 3.05) is 0 Å². The van der Waals surface area contributed by atoms with Crippen molar-refractivity contribution in [3.05, 3.63) is 74.6 Å². The van der Waals surface area contributed by atoms with Gasteiger partial charge in [0, 0.05) is 24.0 Å². The molecular weight excluding hydrogens is 371 g/mol. The summed E-state index contributed by atoms with van der Waals surface area (Å²) in [5, 5.41) is 14.1. The minimum absolute atomic E-state index is 0.0230. The number of alkyl halides is 3. The van der Waals surface area contributed by atoms with Gasteiger partial charge in [0.1, 0.15) is 11.3 Å². The van der Waals surface area contributed by atoms with Gasteiger partial charge in [0.15, 0.2) is 0 Å². The number of hydrogen-bond donors (Lipinski definition) is 2. The predicted octanol–water partition coefficient (Wildman–Crippen LogP) is 4.30. The lowest BCUT2D eigenvalue weighted by Gasteiger charge is -2.12. The number of aryl methyl sites for hydroxylation is 1. The lowest BCUT2D eigenvalue weighted by Crippen LogP contribution is -2.15. The standard InChI is InChI=1S/C21H18F3NO3/c22-21(23,24)13-4-1-3-12(9-13)10-25-11-17-18(26)8-7-15-14-5-2-6-16(14)20(27)28-19(15)17/h1,3-4,7-9,25-26H,2,5-6,10-11H2. The van der Waals surface area contributed by atoms with Crippen LogP contribution in [0.4, 0.5) is 13.2 Å². The van der Waals surface area contributed by atoms with Gasteiger partial charge >= 0.3 is 11.8 Å². The van der Waals surface area contributed by atoms with Crippen LogP contribution in [-0.2, 0) is 32.1 Å². The van der Waals surface area contributed by atoms with Gasteiger partial charge in [0.25, 0.3) is 0 Å². The molecule has 2 aromatic carbocycles. The average molecular weight is 389 g/mol. The van der Waals surface area contributed by atoms with Crippen LogP contribution in [0.5, 0.6) is 5.75 Å². The topological polar surface area (TPSA) is 62.5 Å². The molecule has 0 atom stereocenters. The zero-order valence-electron chi connectivity index (χ0n) is 14.9. The third-order valence-electron chi connectivity index (χ3n) is 5.11. The van der Waals surface area contributed by atoms with E-state index in [1.165, 1.54) is 6.07 Å². The molecule has 7 heteroatoms. The monoisotopic (exact) mass is 389 g/mol. The minimum Gasteiger partial charge on any atom is -0.507 e. The molecular formula is C21H18F3NO3. The largest absolute Gasteiger partial charge is 0.507 e. The van der Waals surface area contributed by atoms with Gasteiger partial charge in [0.05, 0.1) is 11.1 Å². The summed E-state index contributed by atoms with van der Waals surface area (Å²) < 4.78 is 44.0. The molecule has 2 N–H and O–H groups in total. The summed E-state index contributed by atoms with van der Waals surface area (Å²) in [6.07, 6.45) is -2.02. The van der Waals surface area contributed by atoms with Gasteiger partial charge in [-0.05, 0) is 48.6 Å². The Morgan fingerprint density at radius 1 is 1.07 bits per heavy atom. The van der Waals surface area contributed by atoms with Crippen LogP contribution in [0.1, 0.15) is 34.2 Å². The van der Waals surface area contributed by atoms with E-state index in [2.05, 4.69) is 5.32 Å². The van der Waals surface area contributed by atoms with Crippen LogP contribution < -0.4 is 10.9 Å². The Morgan fingerprint density at radius 2 is 1.86 bits per heavy atom. The fourth-order valence-electron chi connectivity index (χ4n) is 3.75. The third-order valence-corrected chi connectivity index (χ3v) is 5.11. The highest BCUT2D eigenvalue weighted by molar-refractivity contribution is 5.86. The van der Waals surface area contributed by atoms with Crippen molar-refractivity contribution in [3.8, 4) is 5.75 Å². The van der Waals surface area contributed by atoms with E-state index < -0.39 is 11.7 Å². The first-order valence-corrected chi connectivity index (χ1v) is 9.01. The molecule has 0 saturated heterocycles. The van der Waals surface area contributed by atoms with E-state index in [0.717, 1.165) is 35.9 Å². The molecule has 1 heterocycles. The summed E-state index contributed by atoms with van der Waals surface area (Å²) >= 11 is 0. The molecule has 4 nitrogen and oxygen atoms in total. The molecule has 28 heavy (non-hydrogen) atoms. The smallest absolute Gasteiger partial charge is 0.416 e. The molecule has 1 aliphatic carbocycles. The van der Waals surface area contributed by atoms with E-state index in [0.29, 0.717) is 28.7 Å². The van der Waals surface area contributed by atoms with Gasteiger partial charge in [0.2, 0.25) is 0 Å². The minimum atomic E-state index is -4.40. The molecule has 0 radical (unpaired) electrons. The Kier molecular flexibility index (Phi) is 4.63. The van der Waals surface area contributed by atoms with Crippen molar-refractivity contribution in [1.29, 1.82) is 0 Å². The van der Waals surface area contributed by atoms with E-state index in [9.17, 15) is 23.1 Å². The van der Waals surface area contributed by atoms with Gasteiger partial charge in [-0.25, -0.2) is 4.79 Å². The van der Waals surface area contributed by atoms with Gasteiger partial charge in [-0.3, -0.25) is 0 Å². The summed E-state index contributed by atoms with van der Waals surface area (Å²) in [5.74, 6) is -0.0230. The average Bonchev–Trinajstić information content (AvgIpc) is 3.14. The van der Waals surface area contributed by atoms with Crippen molar-refractivity contribution >= 4 is 11.0 Å². The maximum atomic E-state index is 12.8. The quantitative estimate of drug-likeness (QED) is 0.654. The fraction of sp³-hybridized carbons (Fsp3) is 0.286. The number of halogens is 3. The van der Waals surface area contributed by atoms with Crippen LogP contribution in [0, 0.1) is 0 Å². The molecule has 1 aromatic heterocycles. The number of phenols is 1. The molecule has 0 aliphatic heterocycles. The molecule has 0 bridgehead atoms. The first-order valence-electron chi connectivity index (χ1n) is 9.01. The summed E-state index contributed by atoms with van der Waals surface area (Å²) in [4.78, 5) is 12.2. The van der Waals surface area contributed by atoms with Crippen LogP contribution in [0.2, 0.25) is 0 Å². The molecule has 146 valence electrons. The fourth-order valence-corrected chi connectivity index (χ4v) is 3.75. The molecule has 1 aliphatic rings. The van der Waals surface area contributed by atoms with Gasteiger partial charge in [-0.1, -0.05) is 18.2 Å². The first-order chi connectivity index (χ1) is 13.3. The lowest BCUT2D eigenvalue weighted by molar-refractivity contribution is -0.137. The Morgan fingerprint density at radius 3 is 2.64 bits per heavy atom. The van der Waals surface area contributed by atoms with Gasteiger partial charge in [-0.15, -0.1) is 0 Å². The number of fused-ring (bicyclic) bond motifs is 3. The zero-order chi connectivity index (χ0) is 19.9. The Bertz CT molecular complexity index is 1100. The van der Waals surface area contributed by atoms with Gasteiger partial charge < -0.3 is 14.8 Å². The highest BCUT2D eigenvalue weighted by Crippen LogP contribution is 2.33. The van der Waals surface area contributed by atoms with Crippen molar-refractivity contribution in [1.82, 2.24) is 5.32 Å². The molecule has 4 rings (SSSR count). The summed E-state index contributed by atoms with van der Waals surface area (Å²) in [5.41, 5.74) is 1.80. The van der Waals surface area contributed by atoms with Crippen molar-refractivity contribution in [3.63, 3.8) is 0 Å². The summed E-state index contributed by atoms with van der Waals surface area (Å²) in [6.45, 7) is 0.329. The lowest BCUT2D eigenvalue weighted by atomic mass is 10.0. The van der Waals surface area contributed by atoms with Crippen LogP contribution in [0.25, 0.3) is 11.0 Å². The second-order valence-corrected chi connectivity index (χ2v) is 6.94. The number of rotatable bonds is 4. The molecule has 0 fully saturated rings. The first kappa shape index (κ1) is 18.6. The van der Waals surface area contributed by atoms with E-state index in [1.54, 1.807) is 18.2 Å². The summed E-state index contributed by atoms with van der Waals surface area (Å²) in [6, 6.07) is 8.37. The second-order valence-electron chi connectivity index (χ2n) is 6.94. The molecule has 0 saturated carbocycles. The number of aromatic hydroxyl groups is 1. The number of benzene rings is 2. The van der Waals surface area contributed by atoms with E-state index in [4.69, 9.17) is 4.42 Å². The Hall–Kier alpha value is -2.80. The van der Waals surface area contributed by atoms with Crippen LogP contribution in [0.3, 0.4) is 0 Å². The maximum absolute atomic E-state index is 12.8. The van der Waals surface area contributed by atoms with Crippen molar-refractivity contribution < 1.29 is 22.7 Å². The predicted molar refractivity (Wildman–Crippen MR) is 98.2 cm³/mol. The molecule has 0 spiro atoms. The van der Waals surface area contributed by atoms with E-state index >= 15 is 0 Å². The van der Waals surface area contributed by atoms with E-state index in [1.807, 2.05) is 0 Å². The molecule has 0 amide bonds. The number of phenolic OH excluding ortho intramolecular Hbond substituents is 1. The van der Waals surface area contributed by atoms with Gasteiger partial charge in [-0.2, -0.15) is 13.2 Å². The van der Waals surface area contributed by atoms with Crippen LogP contribution in [0.15, 0.2) is 45.6 Å². The van der Waals surface area contributed by atoms with Crippen molar-refractivity contribution in [2.24, 2.45) is 0 Å². The SMILES string of the molecule is O=c1oc2c(CNCc3cccc(C(F)(F)F)c3)c(O)ccc2c2c1CCC2. The third kappa shape index (κ3) is 3.38. The highest BCUT2D eigenvalue weighted by atomic mass is 19.4. The Balaban J connectivity index is 1.60. The molecule has 0 unspecified atom stereocenters. The molecule has 3 aromatic rings. The zero-order valence-corrected chi connectivity index (χ0v) is 14.9. The second kappa shape index (κ2) is 6.98.